The van der Waals surface area contributed by atoms with Crippen molar-refractivity contribution in [1.29, 1.82) is 0 Å². The lowest BCUT2D eigenvalue weighted by molar-refractivity contribution is 0.669. The summed E-state index contributed by atoms with van der Waals surface area (Å²) in [5.74, 6) is 0. The van der Waals surface area contributed by atoms with Crippen molar-refractivity contribution in [3.63, 3.8) is 0 Å². The Labute approximate surface area is 252 Å². The Balaban J connectivity index is 1.34. The smallest absolute Gasteiger partial charge is 0.159 e. The first-order chi connectivity index (χ1) is 21.3. The summed E-state index contributed by atoms with van der Waals surface area (Å²) in [6.07, 6.45) is 0. The van der Waals surface area contributed by atoms with Gasteiger partial charge in [-0.3, -0.25) is 0 Å². The summed E-state index contributed by atoms with van der Waals surface area (Å²) in [6.45, 7) is 0. The Hall–Kier alpha value is -5.38. The fraction of sp³-hybridized carbons (Fsp3) is 0. The van der Waals surface area contributed by atoms with Gasteiger partial charge in [0.05, 0.1) is 5.69 Å². The van der Waals surface area contributed by atoms with Gasteiger partial charge in [-0.25, -0.2) is 0 Å². The van der Waals surface area contributed by atoms with Crippen LogP contribution in [-0.2, 0) is 0 Å². The average Bonchev–Trinajstić information content (AvgIpc) is 3.64. The maximum Gasteiger partial charge on any atom is 0.159 e. The molecule has 0 saturated carbocycles. The molecule has 2 heterocycles. The molecule has 3 heteroatoms. The van der Waals surface area contributed by atoms with Gasteiger partial charge in [-0.05, 0) is 70.4 Å². The minimum absolute atomic E-state index is 0.884. The van der Waals surface area contributed by atoms with E-state index in [1.807, 2.05) is 23.5 Å². The number of furan rings is 1. The fourth-order valence-corrected chi connectivity index (χ4v) is 7.57. The molecule has 9 rings (SSSR count). The molecule has 0 N–H and O–H groups in total. The van der Waals surface area contributed by atoms with Crippen LogP contribution in [0, 0.1) is 0 Å². The van der Waals surface area contributed by atoms with Gasteiger partial charge in [-0.1, -0.05) is 103 Å². The Morgan fingerprint density at radius 3 is 2.12 bits per heavy atom. The molecule has 0 saturated heterocycles. The molecule has 0 spiro atoms. The van der Waals surface area contributed by atoms with E-state index >= 15 is 0 Å². The maximum absolute atomic E-state index is 6.58. The summed E-state index contributed by atoms with van der Waals surface area (Å²) >= 11 is 1.86. The molecule has 0 aliphatic carbocycles. The third-order valence-corrected chi connectivity index (χ3v) is 9.57. The molecule has 0 aliphatic rings. The highest BCUT2D eigenvalue weighted by Gasteiger charge is 2.21. The Kier molecular flexibility index (Phi) is 5.40. The molecular formula is C40H25NOS. The van der Waals surface area contributed by atoms with Crippen molar-refractivity contribution in [2.75, 3.05) is 4.90 Å². The van der Waals surface area contributed by atoms with Crippen molar-refractivity contribution >= 4 is 81.3 Å². The van der Waals surface area contributed by atoms with Crippen LogP contribution >= 0.6 is 11.3 Å². The third kappa shape index (κ3) is 3.86. The van der Waals surface area contributed by atoms with Crippen LogP contribution in [0.3, 0.4) is 0 Å². The molecule has 0 fully saturated rings. The maximum atomic E-state index is 6.58. The lowest BCUT2D eigenvalue weighted by Gasteiger charge is -2.26. The Bertz CT molecular complexity index is 2470. The number of nitrogens with zero attached hydrogens (tertiary/aromatic N) is 1. The van der Waals surface area contributed by atoms with Gasteiger partial charge in [0.25, 0.3) is 0 Å². The lowest BCUT2D eigenvalue weighted by Crippen LogP contribution is -2.10. The molecular weight excluding hydrogens is 543 g/mol. The van der Waals surface area contributed by atoms with E-state index < -0.39 is 0 Å². The summed E-state index contributed by atoms with van der Waals surface area (Å²) in [7, 11) is 0. The molecule has 7 aromatic carbocycles. The van der Waals surface area contributed by atoms with Gasteiger partial charge in [-0.15, -0.1) is 11.3 Å². The number of benzene rings is 7. The zero-order valence-corrected chi connectivity index (χ0v) is 24.0. The number of thiophene rings is 1. The van der Waals surface area contributed by atoms with Gasteiger partial charge in [-0.2, -0.15) is 0 Å². The molecule has 0 bridgehead atoms. The summed E-state index contributed by atoms with van der Waals surface area (Å²) in [5, 5.41) is 7.39. The van der Waals surface area contributed by atoms with Crippen molar-refractivity contribution in [3.8, 4) is 11.1 Å². The van der Waals surface area contributed by atoms with Crippen LogP contribution in [0.1, 0.15) is 0 Å². The third-order valence-electron chi connectivity index (χ3n) is 8.44. The molecule has 0 aliphatic heterocycles. The summed E-state index contributed by atoms with van der Waals surface area (Å²) in [6, 6.07) is 54.2. The van der Waals surface area contributed by atoms with Crippen LogP contribution in [-0.4, -0.2) is 0 Å². The zero-order chi connectivity index (χ0) is 28.3. The van der Waals surface area contributed by atoms with E-state index in [0.717, 1.165) is 39.0 Å². The van der Waals surface area contributed by atoms with Gasteiger partial charge < -0.3 is 9.32 Å². The number of hydrogen-bond acceptors (Lipinski definition) is 3. The predicted octanol–water partition coefficient (Wildman–Crippen LogP) is 12.2. The monoisotopic (exact) mass is 567 g/mol. The first kappa shape index (κ1) is 24.2. The second-order valence-corrected chi connectivity index (χ2v) is 12.0. The minimum Gasteiger partial charge on any atom is -0.454 e. The van der Waals surface area contributed by atoms with E-state index in [1.165, 1.54) is 42.1 Å². The van der Waals surface area contributed by atoms with E-state index in [-0.39, 0.29) is 0 Å². The highest BCUT2D eigenvalue weighted by atomic mass is 32.1. The van der Waals surface area contributed by atoms with Gasteiger partial charge in [0, 0.05) is 42.3 Å². The number of para-hydroxylation sites is 2. The fourth-order valence-electron chi connectivity index (χ4n) is 6.47. The Morgan fingerprint density at radius 2 is 1.19 bits per heavy atom. The van der Waals surface area contributed by atoms with Crippen molar-refractivity contribution < 1.29 is 4.42 Å². The number of fused-ring (bicyclic) bond motifs is 8. The molecule has 0 amide bonds. The molecule has 2 nitrogen and oxygen atoms in total. The lowest BCUT2D eigenvalue weighted by atomic mass is 10.0. The minimum atomic E-state index is 0.884. The standard InChI is InChI=1S/C40H25NOS/c1-2-10-26(11-3-1)28-13-8-14-29(24-28)41(35-18-9-17-33-32-16-6-7-19-36(32)42-40(33)35)30-21-23-37-34(25-30)39-31-15-5-4-12-27(31)20-22-38(39)43-37/h1-25H. The zero-order valence-electron chi connectivity index (χ0n) is 23.2. The van der Waals surface area contributed by atoms with Crippen molar-refractivity contribution in [2.45, 2.75) is 0 Å². The average molecular weight is 568 g/mol. The van der Waals surface area contributed by atoms with Crippen molar-refractivity contribution in [3.05, 3.63) is 152 Å². The van der Waals surface area contributed by atoms with Crippen molar-refractivity contribution in [2.24, 2.45) is 0 Å². The quantitative estimate of drug-likeness (QED) is 0.210. The SMILES string of the molecule is c1ccc(-c2cccc(N(c3ccc4sc5ccc6ccccc6c5c4c3)c3cccc4c3oc3ccccc34)c2)cc1. The van der Waals surface area contributed by atoms with Gasteiger partial charge in [0.15, 0.2) is 5.58 Å². The van der Waals surface area contributed by atoms with Crippen LogP contribution in [0.15, 0.2) is 156 Å². The second-order valence-electron chi connectivity index (χ2n) is 10.9. The van der Waals surface area contributed by atoms with E-state index in [4.69, 9.17) is 4.42 Å². The largest absolute Gasteiger partial charge is 0.454 e. The second kappa shape index (κ2) is 9.59. The Morgan fingerprint density at radius 1 is 0.465 bits per heavy atom. The van der Waals surface area contributed by atoms with Crippen LogP contribution in [0.4, 0.5) is 17.1 Å². The molecule has 9 aromatic rings. The van der Waals surface area contributed by atoms with Gasteiger partial charge >= 0.3 is 0 Å². The molecule has 0 radical (unpaired) electrons. The predicted molar refractivity (Wildman–Crippen MR) is 184 cm³/mol. The molecule has 2 aromatic heterocycles. The summed E-state index contributed by atoms with van der Waals surface area (Å²) < 4.78 is 9.18. The highest BCUT2D eigenvalue weighted by Crippen LogP contribution is 2.46. The van der Waals surface area contributed by atoms with Crippen LogP contribution in [0.25, 0.3) is 64.0 Å². The summed E-state index contributed by atoms with van der Waals surface area (Å²) in [4.78, 5) is 2.35. The van der Waals surface area contributed by atoms with Gasteiger partial charge in [0.1, 0.15) is 5.58 Å². The highest BCUT2D eigenvalue weighted by molar-refractivity contribution is 7.26. The molecule has 0 atom stereocenters. The number of anilines is 3. The van der Waals surface area contributed by atoms with E-state index in [2.05, 4.69) is 144 Å². The summed E-state index contributed by atoms with van der Waals surface area (Å²) in [5.41, 5.74) is 7.34. The number of hydrogen-bond donors (Lipinski definition) is 0. The van der Waals surface area contributed by atoms with E-state index in [9.17, 15) is 0 Å². The van der Waals surface area contributed by atoms with E-state index in [1.54, 1.807) is 0 Å². The van der Waals surface area contributed by atoms with Crippen molar-refractivity contribution in [1.82, 2.24) is 0 Å². The van der Waals surface area contributed by atoms with Crippen LogP contribution in [0.2, 0.25) is 0 Å². The van der Waals surface area contributed by atoms with Crippen LogP contribution < -0.4 is 4.90 Å². The van der Waals surface area contributed by atoms with Gasteiger partial charge in [0.2, 0.25) is 0 Å². The molecule has 202 valence electrons. The first-order valence-corrected chi connectivity index (χ1v) is 15.3. The molecule has 43 heavy (non-hydrogen) atoms. The number of rotatable bonds is 4. The topological polar surface area (TPSA) is 16.4 Å². The first-order valence-electron chi connectivity index (χ1n) is 14.5. The molecule has 0 unspecified atom stereocenters. The van der Waals surface area contributed by atoms with E-state index in [0.29, 0.717) is 0 Å². The van der Waals surface area contributed by atoms with Crippen LogP contribution in [0.5, 0.6) is 0 Å². The normalized spacial score (nSPS) is 11.7.